The van der Waals surface area contributed by atoms with Crippen molar-refractivity contribution >= 4 is 13.3 Å². The summed E-state index contributed by atoms with van der Waals surface area (Å²) in [4.78, 5) is 0. The fourth-order valence-corrected chi connectivity index (χ4v) is 5.51. The second kappa shape index (κ2) is 4.40. The molecule has 0 aromatic heterocycles. The van der Waals surface area contributed by atoms with Gasteiger partial charge in [0.15, 0.2) is 0 Å². The van der Waals surface area contributed by atoms with Crippen LogP contribution in [-0.2, 0) is 18.9 Å². The number of hydrogen-bond acceptors (Lipinski definition) is 0. The van der Waals surface area contributed by atoms with Crippen molar-refractivity contribution in [3.8, 4) is 0 Å². The first-order chi connectivity index (χ1) is 8.63. The Morgan fingerprint density at radius 2 is 1.39 bits per heavy atom. The number of aryl methyl sites for hydroxylation is 2. The van der Waals surface area contributed by atoms with Crippen molar-refractivity contribution in [1.82, 2.24) is 0 Å². The summed E-state index contributed by atoms with van der Waals surface area (Å²) in [5.41, 5.74) is 4.52. The van der Waals surface area contributed by atoms with Crippen molar-refractivity contribution in [1.29, 1.82) is 0 Å². The van der Waals surface area contributed by atoms with Crippen LogP contribution in [0.25, 0.3) is 0 Å². The van der Waals surface area contributed by atoms with Gasteiger partial charge in [-0.25, -0.2) is 0 Å². The maximum Gasteiger partial charge on any atom is 0.0849 e. The normalized spacial score (nSPS) is 17.2. The minimum absolute atomic E-state index is 1.17. The molecule has 0 nitrogen and oxygen atoms in total. The van der Waals surface area contributed by atoms with E-state index in [9.17, 15) is 0 Å². The zero-order chi connectivity index (χ0) is 12.6. The standard InChI is InChI=1S/C17H20Si/c1-18(2)13-16-7-3-5-14(11-16)9-10-15-6-4-8-17(18)12-15/h3-8,11-12H,9-10,13H2,1-2H3. The molecule has 0 saturated carbocycles. The third kappa shape index (κ3) is 2.28. The molecule has 2 aromatic carbocycles. The maximum absolute atomic E-state index is 2.49. The van der Waals surface area contributed by atoms with Gasteiger partial charge in [-0.1, -0.05) is 72.4 Å². The van der Waals surface area contributed by atoms with Gasteiger partial charge in [-0.2, -0.15) is 0 Å². The molecule has 0 aliphatic carbocycles. The monoisotopic (exact) mass is 252 g/mol. The molecule has 0 atom stereocenters. The Balaban J connectivity index is 2.10. The molecule has 0 spiro atoms. The van der Waals surface area contributed by atoms with Crippen LogP contribution in [0.4, 0.5) is 0 Å². The van der Waals surface area contributed by atoms with Crippen LogP contribution in [0.5, 0.6) is 0 Å². The van der Waals surface area contributed by atoms with E-state index in [0.717, 1.165) is 0 Å². The molecule has 4 bridgehead atoms. The van der Waals surface area contributed by atoms with E-state index in [2.05, 4.69) is 61.6 Å². The van der Waals surface area contributed by atoms with E-state index in [1.165, 1.54) is 35.6 Å². The van der Waals surface area contributed by atoms with E-state index in [-0.39, 0.29) is 0 Å². The Morgan fingerprint density at radius 3 is 2.17 bits per heavy atom. The van der Waals surface area contributed by atoms with Crippen molar-refractivity contribution < 1.29 is 0 Å². The Hall–Kier alpha value is -1.34. The maximum atomic E-state index is 2.49. The lowest BCUT2D eigenvalue weighted by atomic mass is 10.0. The number of rotatable bonds is 0. The molecule has 1 heterocycles. The molecule has 3 rings (SSSR count). The summed E-state index contributed by atoms with van der Waals surface area (Å²) in [6.45, 7) is 4.97. The Kier molecular flexibility index (Phi) is 2.87. The average Bonchev–Trinajstić information content (AvgIpc) is 2.36. The minimum atomic E-state index is -1.34. The summed E-state index contributed by atoms with van der Waals surface area (Å²) in [5, 5.41) is 1.60. The van der Waals surface area contributed by atoms with Crippen LogP contribution >= 0.6 is 0 Å². The van der Waals surface area contributed by atoms with E-state index < -0.39 is 8.07 Å². The highest BCUT2D eigenvalue weighted by molar-refractivity contribution is 6.89. The zero-order valence-corrected chi connectivity index (χ0v) is 12.2. The Morgan fingerprint density at radius 1 is 0.778 bits per heavy atom. The van der Waals surface area contributed by atoms with Gasteiger partial charge in [0.05, 0.1) is 8.07 Å². The van der Waals surface area contributed by atoms with E-state index in [1.54, 1.807) is 5.19 Å². The summed E-state index contributed by atoms with van der Waals surface area (Å²) in [7, 11) is -1.34. The van der Waals surface area contributed by atoms with Crippen LogP contribution in [0.3, 0.4) is 0 Å². The van der Waals surface area contributed by atoms with Gasteiger partial charge in [-0.3, -0.25) is 0 Å². The Bertz CT molecular complexity index is 569. The summed E-state index contributed by atoms with van der Waals surface area (Å²) in [6.07, 6.45) is 2.33. The molecule has 0 radical (unpaired) electrons. The van der Waals surface area contributed by atoms with Gasteiger partial charge < -0.3 is 0 Å². The molecule has 0 amide bonds. The number of benzene rings is 2. The van der Waals surface area contributed by atoms with Crippen molar-refractivity contribution in [3.63, 3.8) is 0 Å². The van der Waals surface area contributed by atoms with Crippen LogP contribution in [0.15, 0.2) is 48.5 Å². The van der Waals surface area contributed by atoms with E-state index in [0.29, 0.717) is 0 Å². The van der Waals surface area contributed by atoms with Gasteiger partial charge >= 0.3 is 0 Å². The largest absolute Gasteiger partial charge is 0.0849 e. The lowest BCUT2D eigenvalue weighted by Crippen LogP contribution is -2.44. The topological polar surface area (TPSA) is 0 Å². The first kappa shape index (κ1) is 11.7. The van der Waals surface area contributed by atoms with Crippen LogP contribution in [0.1, 0.15) is 16.7 Å². The fourth-order valence-electron chi connectivity index (χ4n) is 2.94. The fraction of sp³-hybridized carbons (Fsp3) is 0.294. The highest BCUT2D eigenvalue weighted by Gasteiger charge is 2.24. The van der Waals surface area contributed by atoms with Crippen molar-refractivity contribution in [2.45, 2.75) is 32.0 Å². The molecule has 0 fully saturated rings. The Labute approximate surface area is 111 Å². The lowest BCUT2D eigenvalue weighted by Gasteiger charge is -2.25. The van der Waals surface area contributed by atoms with Gasteiger partial charge in [-0.15, -0.1) is 0 Å². The van der Waals surface area contributed by atoms with E-state index in [4.69, 9.17) is 0 Å². The van der Waals surface area contributed by atoms with Crippen LogP contribution in [-0.4, -0.2) is 8.07 Å². The average molecular weight is 252 g/mol. The van der Waals surface area contributed by atoms with E-state index >= 15 is 0 Å². The smallest absolute Gasteiger partial charge is 0.0652 e. The van der Waals surface area contributed by atoms with Gasteiger partial charge in [0.25, 0.3) is 0 Å². The molecule has 0 N–H and O–H groups in total. The molecular formula is C17H20Si. The molecule has 1 aliphatic rings. The first-order valence-corrected chi connectivity index (χ1v) is 10.0. The molecular weight excluding hydrogens is 232 g/mol. The quantitative estimate of drug-likeness (QED) is 0.630. The first-order valence-electron chi connectivity index (χ1n) is 6.81. The molecule has 2 aromatic rings. The second-order valence-corrected chi connectivity index (χ2v) is 10.8. The summed E-state index contributed by atoms with van der Waals surface area (Å²) < 4.78 is 0. The molecule has 1 aliphatic heterocycles. The van der Waals surface area contributed by atoms with Crippen LogP contribution in [0.2, 0.25) is 13.1 Å². The molecule has 0 saturated heterocycles. The predicted molar refractivity (Wildman–Crippen MR) is 81.1 cm³/mol. The summed E-state index contributed by atoms with van der Waals surface area (Å²) in [6, 6.07) is 19.8. The van der Waals surface area contributed by atoms with Gasteiger partial charge in [-0.05, 0) is 30.0 Å². The van der Waals surface area contributed by atoms with Crippen LogP contribution < -0.4 is 5.19 Å². The lowest BCUT2D eigenvalue weighted by molar-refractivity contribution is 0.956. The predicted octanol–water partition coefficient (Wildman–Crippen LogP) is 3.48. The minimum Gasteiger partial charge on any atom is -0.0652 e. The number of hydrogen-bond donors (Lipinski definition) is 0. The molecule has 92 valence electrons. The highest BCUT2D eigenvalue weighted by Crippen LogP contribution is 2.18. The third-order valence-electron chi connectivity index (χ3n) is 4.05. The molecule has 0 unspecified atom stereocenters. The number of fused-ring (bicyclic) bond motifs is 4. The van der Waals surface area contributed by atoms with Crippen molar-refractivity contribution in [2.24, 2.45) is 0 Å². The zero-order valence-electron chi connectivity index (χ0n) is 11.2. The third-order valence-corrected chi connectivity index (χ3v) is 7.21. The van der Waals surface area contributed by atoms with Gasteiger partial charge in [0, 0.05) is 0 Å². The summed E-state index contributed by atoms with van der Waals surface area (Å²) in [5.74, 6) is 0. The van der Waals surface area contributed by atoms with Gasteiger partial charge in [0.2, 0.25) is 0 Å². The van der Waals surface area contributed by atoms with Gasteiger partial charge in [0.1, 0.15) is 0 Å². The molecule has 1 heteroatoms. The second-order valence-electron chi connectivity index (χ2n) is 6.08. The highest BCUT2D eigenvalue weighted by atomic mass is 28.3. The molecule has 18 heavy (non-hydrogen) atoms. The van der Waals surface area contributed by atoms with Crippen molar-refractivity contribution in [2.75, 3.05) is 0 Å². The van der Waals surface area contributed by atoms with Crippen molar-refractivity contribution in [3.05, 3.63) is 65.2 Å². The summed E-state index contributed by atoms with van der Waals surface area (Å²) >= 11 is 0. The van der Waals surface area contributed by atoms with Crippen LogP contribution in [0, 0.1) is 0 Å². The van der Waals surface area contributed by atoms with E-state index in [1.807, 2.05) is 0 Å². The SMILES string of the molecule is C[Si]1(C)Cc2cccc(c2)CCc2cccc1c2.